The van der Waals surface area contributed by atoms with Gasteiger partial charge in [0.05, 0.1) is 6.61 Å². The molecule has 0 saturated heterocycles. The summed E-state index contributed by atoms with van der Waals surface area (Å²) in [6.07, 6.45) is 11.1. The summed E-state index contributed by atoms with van der Waals surface area (Å²) < 4.78 is 4.72. The molecule has 6 heteroatoms. The van der Waals surface area contributed by atoms with E-state index in [4.69, 9.17) is 9.84 Å². The van der Waals surface area contributed by atoms with E-state index >= 15 is 0 Å². The van der Waals surface area contributed by atoms with Crippen molar-refractivity contribution in [3.63, 3.8) is 0 Å². The number of hydrogen-bond donors (Lipinski definition) is 3. The van der Waals surface area contributed by atoms with Crippen LogP contribution >= 0.6 is 0 Å². The number of aliphatic hydroxyl groups excluding tert-OH is 1. The van der Waals surface area contributed by atoms with Crippen molar-refractivity contribution in [1.29, 1.82) is 0 Å². The number of nitrogens with one attached hydrogen (secondary N) is 2. The van der Waals surface area contributed by atoms with Gasteiger partial charge in [-0.1, -0.05) is 58.3 Å². The topological polar surface area (TPSA) is 87.7 Å². The fraction of sp³-hybridized carbons (Fsp3) is 0.882. The Morgan fingerprint density at radius 3 is 2.09 bits per heavy atom. The van der Waals surface area contributed by atoms with Gasteiger partial charge in [0.25, 0.3) is 0 Å². The van der Waals surface area contributed by atoms with Crippen LogP contribution < -0.4 is 10.6 Å². The molecule has 6 nitrogen and oxygen atoms in total. The van der Waals surface area contributed by atoms with Gasteiger partial charge in [0.15, 0.2) is 0 Å². The van der Waals surface area contributed by atoms with Crippen LogP contribution in [0.25, 0.3) is 0 Å². The molecule has 0 unspecified atom stereocenters. The van der Waals surface area contributed by atoms with Crippen molar-refractivity contribution in [2.75, 3.05) is 20.4 Å². The smallest absolute Gasteiger partial charge is 0.246 e. The Hall–Kier alpha value is -1.14. The molecule has 1 atom stereocenters. The van der Waals surface area contributed by atoms with E-state index in [1.54, 1.807) is 0 Å². The van der Waals surface area contributed by atoms with E-state index in [0.717, 1.165) is 19.3 Å². The van der Waals surface area contributed by atoms with Gasteiger partial charge in [0.2, 0.25) is 11.8 Å². The van der Waals surface area contributed by atoms with Crippen LogP contribution in [0.1, 0.15) is 71.1 Å². The summed E-state index contributed by atoms with van der Waals surface area (Å²) in [6, 6.07) is -0.906. The molecule has 0 aromatic heterocycles. The van der Waals surface area contributed by atoms with Gasteiger partial charge in [-0.05, 0) is 6.42 Å². The summed E-state index contributed by atoms with van der Waals surface area (Å²) in [4.78, 5) is 23.4. The van der Waals surface area contributed by atoms with E-state index in [-0.39, 0.29) is 12.6 Å². The molecule has 0 rings (SSSR count). The third kappa shape index (κ3) is 13.0. The minimum Gasteiger partial charge on any atom is -0.394 e. The molecule has 0 bridgehead atoms. The van der Waals surface area contributed by atoms with Crippen molar-refractivity contribution in [3.8, 4) is 0 Å². The number of ether oxygens (including phenoxy) is 1. The largest absolute Gasteiger partial charge is 0.394 e. The average Bonchev–Trinajstić information content (AvgIpc) is 2.56. The van der Waals surface area contributed by atoms with Gasteiger partial charge in [0.1, 0.15) is 12.8 Å². The van der Waals surface area contributed by atoms with Gasteiger partial charge in [-0.25, -0.2) is 0 Å². The molecular weight excluding hydrogens is 296 g/mol. The van der Waals surface area contributed by atoms with Crippen LogP contribution in [0.3, 0.4) is 0 Å². The Morgan fingerprint density at radius 2 is 1.57 bits per heavy atom. The molecule has 23 heavy (non-hydrogen) atoms. The number of carbonyl (C=O) groups excluding carboxylic acids is 2. The van der Waals surface area contributed by atoms with Gasteiger partial charge in [-0.2, -0.15) is 0 Å². The lowest BCUT2D eigenvalue weighted by molar-refractivity contribution is -0.130. The second-order valence-corrected chi connectivity index (χ2v) is 5.86. The Morgan fingerprint density at radius 1 is 1.00 bits per heavy atom. The highest BCUT2D eigenvalue weighted by Crippen LogP contribution is 2.10. The van der Waals surface area contributed by atoms with Gasteiger partial charge in [-0.3, -0.25) is 9.59 Å². The van der Waals surface area contributed by atoms with Crippen molar-refractivity contribution in [3.05, 3.63) is 0 Å². The van der Waals surface area contributed by atoms with E-state index < -0.39 is 18.6 Å². The number of unbranched alkanes of at least 4 members (excludes halogenated alkanes) is 8. The zero-order valence-electron chi connectivity index (χ0n) is 14.7. The molecule has 0 aliphatic heterocycles. The Labute approximate surface area is 140 Å². The molecule has 0 spiro atoms. The highest BCUT2D eigenvalue weighted by molar-refractivity contribution is 5.87. The van der Waals surface area contributed by atoms with Crippen LogP contribution in [0, 0.1) is 0 Å². The van der Waals surface area contributed by atoms with Crippen molar-refractivity contribution >= 4 is 11.8 Å². The number of amides is 2. The molecule has 0 aliphatic rings. The lowest BCUT2D eigenvalue weighted by Gasteiger charge is -2.15. The Balaban J connectivity index is 3.63. The first-order chi connectivity index (χ1) is 11.2. The minimum absolute atomic E-state index is 0.0590. The van der Waals surface area contributed by atoms with Crippen LogP contribution in [-0.4, -0.2) is 43.4 Å². The molecule has 0 heterocycles. The average molecular weight is 330 g/mol. The number of aliphatic hydroxyl groups is 1. The first kappa shape index (κ1) is 21.9. The lowest BCUT2D eigenvalue weighted by atomic mass is 10.1. The summed E-state index contributed by atoms with van der Waals surface area (Å²) in [5.41, 5.74) is 0. The maximum Gasteiger partial charge on any atom is 0.246 e. The van der Waals surface area contributed by atoms with E-state index in [2.05, 4.69) is 17.6 Å². The second-order valence-electron chi connectivity index (χ2n) is 5.86. The predicted molar refractivity (Wildman–Crippen MR) is 90.9 cm³/mol. The molecular formula is C17H34N2O4. The number of hydrogen-bond acceptors (Lipinski definition) is 4. The fourth-order valence-corrected chi connectivity index (χ4v) is 2.32. The quantitative estimate of drug-likeness (QED) is 0.317. The summed E-state index contributed by atoms with van der Waals surface area (Å²) >= 11 is 0. The third-order valence-electron chi connectivity index (χ3n) is 3.73. The number of methoxy groups -OCH3 is 1. The van der Waals surface area contributed by atoms with E-state index in [9.17, 15) is 9.59 Å². The molecule has 2 amide bonds. The van der Waals surface area contributed by atoms with Crippen LogP contribution in [0.15, 0.2) is 0 Å². The summed E-state index contributed by atoms with van der Waals surface area (Å²) in [7, 11) is 1.45. The Bertz CT molecular complexity index is 311. The highest BCUT2D eigenvalue weighted by Gasteiger charge is 2.18. The molecule has 136 valence electrons. The first-order valence-electron chi connectivity index (χ1n) is 8.82. The van der Waals surface area contributed by atoms with Gasteiger partial charge >= 0.3 is 0 Å². The maximum atomic E-state index is 11.8. The zero-order valence-corrected chi connectivity index (χ0v) is 14.7. The predicted octanol–water partition coefficient (Wildman–Crippen LogP) is 2.10. The summed E-state index contributed by atoms with van der Waals surface area (Å²) in [5.74, 6) is -0.630. The zero-order chi connectivity index (χ0) is 17.3. The molecule has 0 radical (unpaired) electrons. The standard InChI is InChI=1S/C17H34N2O4/c1-3-4-5-6-7-8-9-10-11-12-16(21)19-15(13-20)17(22)18-14-23-2/h15,20H,3-14H2,1-2H3,(H,18,22)(H,19,21)/t15-/m0/s1. The lowest BCUT2D eigenvalue weighted by Crippen LogP contribution is -2.49. The molecule has 0 aromatic carbocycles. The van der Waals surface area contributed by atoms with Crippen molar-refractivity contribution < 1.29 is 19.4 Å². The van der Waals surface area contributed by atoms with Gasteiger partial charge in [-0.15, -0.1) is 0 Å². The second kappa shape index (κ2) is 15.7. The summed E-state index contributed by atoms with van der Waals surface area (Å²) in [5, 5.41) is 14.2. The highest BCUT2D eigenvalue weighted by atomic mass is 16.5. The van der Waals surface area contributed by atoms with Crippen LogP contribution in [0.4, 0.5) is 0 Å². The molecule has 3 N–H and O–H groups in total. The third-order valence-corrected chi connectivity index (χ3v) is 3.73. The van der Waals surface area contributed by atoms with E-state index in [0.29, 0.717) is 6.42 Å². The Kier molecular flexibility index (Phi) is 15.0. The van der Waals surface area contributed by atoms with Gasteiger partial charge in [0, 0.05) is 13.5 Å². The maximum absolute atomic E-state index is 11.8. The first-order valence-corrected chi connectivity index (χ1v) is 8.82. The minimum atomic E-state index is -0.906. The van der Waals surface area contributed by atoms with Gasteiger partial charge < -0.3 is 20.5 Å². The monoisotopic (exact) mass is 330 g/mol. The van der Waals surface area contributed by atoms with E-state index in [1.165, 1.54) is 45.6 Å². The van der Waals surface area contributed by atoms with Crippen LogP contribution in [-0.2, 0) is 14.3 Å². The summed E-state index contributed by atoms with van der Waals surface area (Å²) in [6.45, 7) is 1.86. The SMILES string of the molecule is CCCCCCCCCCCC(=O)N[C@@H](CO)C(=O)NCOC. The van der Waals surface area contributed by atoms with Crippen LogP contribution in [0.5, 0.6) is 0 Å². The van der Waals surface area contributed by atoms with Crippen molar-refractivity contribution in [2.45, 2.75) is 77.2 Å². The molecule has 0 fully saturated rings. The number of rotatable bonds is 15. The fourth-order valence-electron chi connectivity index (χ4n) is 2.32. The molecule has 0 aromatic rings. The number of carbonyl (C=O) groups is 2. The van der Waals surface area contributed by atoms with Crippen LogP contribution in [0.2, 0.25) is 0 Å². The molecule has 0 saturated carbocycles. The van der Waals surface area contributed by atoms with Crippen molar-refractivity contribution in [2.24, 2.45) is 0 Å². The van der Waals surface area contributed by atoms with E-state index in [1.807, 2.05) is 0 Å². The normalized spacial score (nSPS) is 12.0. The van der Waals surface area contributed by atoms with Crippen molar-refractivity contribution in [1.82, 2.24) is 10.6 Å². The molecule has 0 aliphatic carbocycles.